The van der Waals surface area contributed by atoms with Gasteiger partial charge in [0.15, 0.2) is 0 Å². The van der Waals surface area contributed by atoms with E-state index in [1.165, 1.54) is 66.3 Å². The summed E-state index contributed by atoms with van der Waals surface area (Å²) in [6, 6.07) is 42.1. The van der Waals surface area contributed by atoms with E-state index in [0.29, 0.717) is 0 Å². The van der Waals surface area contributed by atoms with Crippen LogP contribution >= 0.6 is 0 Å². The molecule has 176 valence electrons. The van der Waals surface area contributed by atoms with Crippen LogP contribution in [0.4, 0.5) is 0 Å². The highest BCUT2D eigenvalue weighted by Crippen LogP contribution is 2.49. The molecular formula is C35H26N2. The van der Waals surface area contributed by atoms with Gasteiger partial charge in [0.25, 0.3) is 0 Å². The van der Waals surface area contributed by atoms with Gasteiger partial charge in [-0.05, 0) is 58.7 Å². The minimum atomic E-state index is -0.0286. The molecule has 0 fully saturated rings. The van der Waals surface area contributed by atoms with E-state index in [2.05, 4.69) is 144 Å². The van der Waals surface area contributed by atoms with Gasteiger partial charge in [0.1, 0.15) is 0 Å². The van der Waals surface area contributed by atoms with Gasteiger partial charge in [-0.1, -0.05) is 92.7 Å². The van der Waals surface area contributed by atoms with Crippen molar-refractivity contribution in [1.82, 2.24) is 9.13 Å². The Morgan fingerprint density at radius 3 is 2.19 bits per heavy atom. The van der Waals surface area contributed by atoms with E-state index < -0.39 is 0 Å². The summed E-state index contributed by atoms with van der Waals surface area (Å²) in [5, 5.41) is 3.80. The Labute approximate surface area is 216 Å². The Balaban J connectivity index is 1.46. The maximum atomic E-state index is 2.43. The summed E-state index contributed by atoms with van der Waals surface area (Å²) in [5.41, 5.74) is 11.6. The van der Waals surface area contributed by atoms with Crippen LogP contribution < -0.4 is 0 Å². The van der Waals surface area contributed by atoms with Gasteiger partial charge >= 0.3 is 0 Å². The van der Waals surface area contributed by atoms with E-state index in [4.69, 9.17) is 0 Å². The van der Waals surface area contributed by atoms with Crippen LogP contribution in [-0.4, -0.2) is 9.13 Å². The molecule has 0 aliphatic heterocycles. The molecule has 0 radical (unpaired) electrons. The average molecular weight is 475 g/mol. The summed E-state index contributed by atoms with van der Waals surface area (Å²) in [5.74, 6) is 0. The van der Waals surface area contributed by atoms with Crippen molar-refractivity contribution in [3.63, 3.8) is 0 Å². The molecule has 0 saturated heterocycles. The number of nitrogens with zero attached hydrogens (tertiary/aromatic N) is 2. The number of fused-ring (bicyclic) bond motifs is 8. The van der Waals surface area contributed by atoms with E-state index in [9.17, 15) is 0 Å². The standard InChI is InChI=1S/C35H26N2/c1-35(2)30-14-8-6-12-26(30)27-19-17-25(22-31(27)35)36-21-20-23-16-18-29-28-13-7-9-15-32(28)37(34(29)33(23)36)24-10-4-3-5-11-24/h3-22H,1-2H3. The number of benzene rings is 5. The van der Waals surface area contributed by atoms with Crippen molar-refractivity contribution in [2.24, 2.45) is 0 Å². The first kappa shape index (κ1) is 20.6. The lowest BCUT2D eigenvalue weighted by Gasteiger charge is -2.22. The molecule has 0 N–H and O–H groups in total. The van der Waals surface area contributed by atoms with E-state index in [1.54, 1.807) is 0 Å². The molecule has 8 rings (SSSR count). The number of rotatable bonds is 2. The summed E-state index contributed by atoms with van der Waals surface area (Å²) in [6.07, 6.45) is 2.23. The molecule has 2 heterocycles. The third-order valence-corrected chi connectivity index (χ3v) is 8.34. The van der Waals surface area contributed by atoms with Gasteiger partial charge in [0.2, 0.25) is 0 Å². The second kappa shape index (κ2) is 7.24. The third kappa shape index (κ3) is 2.70. The van der Waals surface area contributed by atoms with Gasteiger partial charge in [0.05, 0.1) is 16.6 Å². The quantitative estimate of drug-likeness (QED) is 0.236. The number of para-hydroxylation sites is 2. The van der Waals surface area contributed by atoms with E-state index in [-0.39, 0.29) is 5.41 Å². The lowest BCUT2D eigenvalue weighted by atomic mass is 9.82. The van der Waals surface area contributed by atoms with Gasteiger partial charge in [0, 0.05) is 39.1 Å². The fourth-order valence-electron chi connectivity index (χ4n) is 6.58. The monoisotopic (exact) mass is 474 g/mol. The fourth-order valence-corrected chi connectivity index (χ4v) is 6.58. The molecule has 0 amide bonds. The van der Waals surface area contributed by atoms with E-state index in [0.717, 1.165) is 0 Å². The minimum Gasteiger partial charge on any atom is -0.315 e. The second-order valence-corrected chi connectivity index (χ2v) is 10.7. The Morgan fingerprint density at radius 2 is 1.30 bits per heavy atom. The van der Waals surface area contributed by atoms with Crippen LogP contribution in [0.25, 0.3) is 55.2 Å². The van der Waals surface area contributed by atoms with Crippen molar-refractivity contribution in [2.75, 3.05) is 0 Å². The zero-order valence-corrected chi connectivity index (χ0v) is 20.9. The van der Waals surface area contributed by atoms with Gasteiger partial charge < -0.3 is 9.13 Å². The molecule has 2 aromatic heterocycles. The first-order chi connectivity index (χ1) is 18.1. The van der Waals surface area contributed by atoms with Gasteiger partial charge in [-0.15, -0.1) is 0 Å². The van der Waals surface area contributed by atoms with Crippen molar-refractivity contribution in [1.29, 1.82) is 0 Å². The summed E-state index contributed by atoms with van der Waals surface area (Å²) < 4.78 is 4.81. The first-order valence-electron chi connectivity index (χ1n) is 13.0. The summed E-state index contributed by atoms with van der Waals surface area (Å²) >= 11 is 0. The van der Waals surface area contributed by atoms with E-state index in [1.807, 2.05) is 0 Å². The second-order valence-electron chi connectivity index (χ2n) is 10.7. The van der Waals surface area contributed by atoms with Gasteiger partial charge in [-0.25, -0.2) is 0 Å². The highest BCUT2D eigenvalue weighted by molar-refractivity contribution is 6.18. The smallest absolute Gasteiger partial charge is 0.0788 e. The van der Waals surface area contributed by atoms with Gasteiger partial charge in [-0.3, -0.25) is 0 Å². The molecule has 1 aliphatic carbocycles. The molecule has 0 bridgehead atoms. The van der Waals surface area contributed by atoms with Crippen LogP contribution in [0.15, 0.2) is 121 Å². The topological polar surface area (TPSA) is 9.86 Å². The molecule has 5 aromatic carbocycles. The van der Waals surface area contributed by atoms with Crippen molar-refractivity contribution >= 4 is 32.7 Å². The average Bonchev–Trinajstić information content (AvgIpc) is 3.58. The van der Waals surface area contributed by atoms with Crippen molar-refractivity contribution < 1.29 is 0 Å². The molecule has 0 unspecified atom stereocenters. The largest absolute Gasteiger partial charge is 0.315 e. The predicted molar refractivity (Wildman–Crippen MR) is 155 cm³/mol. The van der Waals surface area contributed by atoms with Crippen LogP contribution in [0.2, 0.25) is 0 Å². The van der Waals surface area contributed by atoms with Crippen LogP contribution in [0.1, 0.15) is 25.0 Å². The molecular weight excluding hydrogens is 448 g/mol. The zero-order valence-electron chi connectivity index (χ0n) is 20.9. The lowest BCUT2D eigenvalue weighted by molar-refractivity contribution is 0.660. The zero-order chi connectivity index (χ0) is 24.7. The maximum absolute atomic E-state index is 2.43. The SMILES string of the molecule is CC1(C)c2ccccc2-c2ccc(-n3ccc4ccc5c6ccccc6n(-c6ccccc6)c5c43)cc21. The van der Waals surface area contributed by atoms with Crippen molar-refractivity contribution in [3.8, 4) is 22.5 Å². The van der Waals surface area contributed by atoms with Crippen LogP contribution in [0.3, 0.4) is 0 Å². The normalized spacial score (nSPS) is 13.9. The highest BCUT2D eigenvalue weighted by Gasteiger charge is 2.35. The van der Waals surface area contributed by atoms with Gasteiger partial charge in [-0.2, -0.15) is 0 Å². The molecule has 37 heavy (non-hydrogen) atoms. The van der Waals surface area contributed by atoms with Crippen molar-refractivity contribution in [3.05, 3.63) is 133 Å². The molecule has 2 heteroatoms. The third-order valence-electron chi connectivity index (χ3n) is 8.34. The number of aromatic nitrogens is 2. The predicted octanol–water partition coefficient (Wildman–Crippen LogP) is 9.03. The Kier molecular flexibility index (Phi) is 4.03. The molecule has 7 aromatic rings. The minimum absolute atomic E-state index is 0.0286. The Hall–Kier alpha value is -4.56. The highest BCUT2D eigenvalue weighted by atomic mass is 15.0. The molecule has 0 saturated carbocycles. The summed E-state index contributed by atoms with van der Waals surface area (Å²) in [7, 11) is 0. The number of hydrogen-bond acceptors (Lipinski definition) is 0. The molecule has 0 spiro atoms. The van der Waals surface area contributed by atoms with E-state index >= 15 is 0 Å². The number of hydrogen-bond donors (Lipinski definition) is 0. The Morgan fingerprint density at radius 1 is 0.541 bits per heavy atom. The van der Waals surface area contributed by atoms with Crippen LogP contribution in [-0.2, 0) is 5.41 Å². The molecule has 1 aliphatic rings. The summed E-state index contributed by atoms with van der Waals surface area (Å²) in [6.45, 7) is 4.70. The van der Waals surface area contributed by atoms with Crippen LogP contribution in [0, 0.1) is 0 Å². The van der Waals surface area contributed by atoms with Crippen LogP contribution in [0.5, 0.6) is 0 Å². The van der Waals surface area contributed by atoms with Crippen molar-refractivity contribution in [2.45, 2.75) is 19.3 Å². The lowest BCUT2D eigenvalue weighted by Crippen LogP contribution is -2.15. The fraction of sp³-hybridized carbons (Fsp3) is 0.0857. The molecule has 2 nitrogen and oxygen atoms in total. The summed E-state index contributed by atoms with van der Waals surface area (Å²) in [4.78, 5) is 0. The Bertz CT molecular complexity index is 2000. The molecule has 0 atom stereocenters. The first-order valence-corrected chi connectivity index (χ1v) is 13.0. The maximum Gasteiger partial charge on any atom is 0.0788 e.